The minimum atomic E-state index is -4.43. The monoisotopic (exact) mass is 326 g/mol. The standard InChI is InChI=1S/C12H17F3N2O3S/c1-9(16-2)7-17-21(18,19)11-5-3-10(4-6-11)20-8-12(13,14)15/h3-6,9,16-17H,7-8H2,1-2H3. The topological polar surface area (TPSA) is 67.4 Å². The lowest BCUT2D eigenvalue weighted by molar-refractivity contribution is -0.153. The van der Waals surface area contributed by atoms with E-state index in [1.165, 1.54) is 24.3 Å². The average molecular weight is 326 g/mol. The van der Waals surface area contributed by atoms with Crippen LogP contribution in [0, 0.1) is 0 Å². The van der Waals surface area contributed by atoms with Gasteiger partial charge in [-0.2, -0.15) is 13.2 Å². The Labute approximate surface area is 121 Å². The summed E-state index contributed by atoms with van der Waals surface area (Å²) >= 11 is 0. The van der Waals surface area contributed by atoms with Crippen LogP contribution in [0.5, 0.6) is 5.75 Å². The Morgan fingerprint density at radius 2 is 1.81 bits per heavy atom. The van der Waals surface area contributed by atoms with E-state index < -0.39 is 22.8 Å². The maximum absolute atomic E-state index is 12.0. The summed E-state index contributed by atoms with van der Waals surface area (Å²) in [6.07, 6.45) is -4.43. The molecule has 0 fully saturated rings. The molecule has 1 atom stereocenters. The first-order valence-corrected chi connectivity index (χ1v) is 7.59. The van der Waals surface area contributed by atoms with Crippen molar-refractivity contribution in [3.63, 3.8) is 0 Å². The average Bonchev–Trinajstić information content (AvgIpc) is 2.42. The molecule has 0 saturated heterocycles. The number of likely N-dealkylation sites (N-methyl/N-ethyl adjacent to an activating group) is 1. The van der Waals surface area contributed by atoms with Gasteiger partial charge in [-0.05, 0) is 38.2 Å². The molecule has 2 N–H and O–H groups in total. The van der Waals surface area contributed by atoms with Gasteiger partial charge in [0.1, 0.15) is 5.75 Å². The van der Waals surface area contributed by atoms with Crippen LogP contribution in [0.1, 0.15) is 6.92 Å². The molecule has 1 unspecified atom stereocenters. The Morgan fingerprint density at radius 3 is 2.29 bits per heavy atom. The number of alkyl halides is 3. The molecule has 1 rings (SSSR count). The number of nitrogens with one attached hydrogen (secondary N) is 2. The van der Waals surface area contributed by atoms with Crippen LogP contribution in [0.2, 0.25) is 0 Å². The molecule has 0 spiro atoms. The van der Waals surface area contributed by atoms with Crippen LogP contribution in [0.3, 0.4) is 0 Å². The number of benzene rings is 1. The van der Waals surface area contributed by atoms with Crippen LogP contribution in [0.25, 0.3) is 0 Å². The number of sulfonamides is 1. The van der Waals surface area contributed by atoms with Crippen molar-refractivity contribution in [1.29, 1.82) is 0 Å². The molecule has 21 heavy (non-hydrogen) atoms. The molecule has 0 heterocycles. The molecule has 120 valence electrons. The van der Waals surface area contributed by atoms with Gasteiger partial charge in [-0.1, -0.05) is 0 Å². The third kappa shape index (κ3) is 6.32. The Bertz CT molecular complexity index is 544. The van der Waals surface area contributed by atoms with Crippen LogP contribution in [0.4, 0.5) is 13.2 Å². The first-order chi connectivity index (χ1) is 9.64. The Balaban J connectivity index is 2.68. The zero-order valence-electron chi connectivity index (χ0n) is 11.6. The number of hydrogen-bond acceptors (Lipinski definition) is 4. The van der Waals surface area contributed by atoms with E-state index in [1.54, 1.807) is 14.0 Å². The predicted molar refractivity (Wildman–Crippen MR) is 71.7 cm³/mol. The van der Waals surface area contributed by atoms with E-state index in [-0.39, 0.29) is 23.2 Å². The number of ether oxygens (including phenoxy) is 1. The quantitative estimate of drug-likeness (QED) is 0.797. The summed E-state index contributed by atoms with van der Waals surface area (Å²) in [6, 6.07) is 4.70. The first-order valence-electron chi connectivity index (χ1n) is 6.10. The summed E-state index contributed by atoms with van der Waals surface area (Å²) in [6.45, 7) is 0.582. The van der Waals surface area contributed by atoms with Gasteiger partial charge in [0.05, 0.1) is 4.90 Å². The molecule has 0 radical (unpaired) electrons. The molecule has 0 aromatic heterocycles. The number of rotatable bonds is 7. The molecule has 0 saturated carbocycles. The molecular weight excluding hydrogens is 309 g/mol. The van der Waals surface area contributed by atoms with Crippen molar-refractivity contribution < 1.29 is 26.3 Å². The fraction of sp³-hybridized carbons (Fsp3) is 0.500. The summed E-state index contributed by atoms with van der Waals surface area (Å²) in [5, 5.41) is 2.88. The molecule has 0 bridgehead atoms. The predicted octanol–water partition coefficient (Wildman–Crippen LogP) is 1.51. The zero-order chi connectivity index (χ0) is 16.1. The highest BCUT2D eigenvalue weighted by Crippen LogP contribution is 2.20. The largest absolute Gasteiger partial charge is 0.484 e. The Kier molecular flexibility index (Phi) is 5.99. The van der Waals surface area contributed by atoms with Gasteiger partial charge < -0.3 is 10.1 Å². The fourth-order valence-electron chi connectivity index (χ4n) is 1.30. The summed E-state index contributed by atoms with van der Waals surface area (Å²) in [4.78, 5) is -0.0369. The molecule has 5 nitrogen and oxygen atoms in total. The van der Waals surface area contributed by atoms with Gasteiger partial charge in [-0.25, -0.2) is 13.1 Å². The van der Waals surface area contributed by atoms with Crippen LogP contribution < -0.4 is 14.8 Å². The van der Waals surface area contributed by atoms with Crippen molar-refractivity contribution in [2.24, 2.45) is 0 Å². The fourth-order valence-corrected chi connectivity index (χ4v) is 2.43. The maximum Gasteiger partial charge on any atom is 0.422 e. The SMILES string of the molecule is CNC(C)CNS(=O)(=O)c1ccc(OCC(F)(F)F)cc1. The van der Waals surface area contributed by atoms with Crippen molar-refractivity contribution >= 4 is 10.0 Å². The van der Waals surface area contributed by atoms with Crippen molar-refractivity contribution in [2.45, 2.75) is 24.0 Å². The van der Waals surface area contributed by atoms with E-state index in [0.717, 1.165) is 0 Å². The third-order valence-electron chi connectivity index (χ3n) is 2.61. The lowest BCUT2D eigenvalue weighted by Crippen LogP contribution is -2.37. The Hall–Kier alpha value is -1.32. The Morgan fingerprint density at radius 1 is 1.24 bits per heavy atom. The van der Waals surface area contributed by atoms with Crippen LogP contribution in [-0.2, 0) is 10.0 Å². The van der Waals surface area contributed by atoms with Crippen LogP contribution in [-0.4, -0.2) is 40.8 Å². The van der Waals surface area contributed by atoms with Gasteiger partial charge in [-0.15, -0.1) is 0 Å². The summed E-state index contributed by atoms with van der Waals surface area (Å²) in [5.74, 6) is -0.0464. The van der Waals surface area contributed by atoms with Crippen molar-refractivity contribution in [3.05, 3.63) is 24.3 Å². The molecular formula is C12H17F3N2O3S. The number of halogens is 3. The van der Waals surface area contributed by atoms with E-state index in [2.05, 4.69) is 14.8 Å². The van der Waals surface area contributed by atoms with Gasteiger partial charge in [0.15, 0.2) is 6.61 Å². The lowest BCUT2D eigenvalue weighted by Gasteiger charge is -2.12. The van der Waals surface area contributed by atoms with E-state index >= 15 is 0 Å². The minimum absolute atomic E-state index is 0.0369. The van der Waals surface area contributed by atoms with Gasteiger partial charge in [-0.3, -0.25) is 0 Å². The lowest BCUT2D eigenvalue weighted by atomic mass is 10.3. The maximum atomic E-state index is 12.0. The second-order valence-electron chi connectivity index (χ2n) is 4.42. The van der Waals surface area contributed by atoms with Crippen molar-refractivity contribution in [1.82, 2.24) is 10.0 Å². The third-order valence-corrected chi connectivity index (χ3v) is 4.05. The van der Waals surface area contributed by atoms with Crippen molar-refractivity contribution in [3.8, 4) is 5.75 Å². The molecule has 1 aromatic carbocycles. The highest BCUT2D eigenvalue weighted by molar-refractivity contribution is 7.89. The first kappa shape index (κ1) is 17.7. The smallest absolute Gasteiger partial charge is 0.422 e. The van der Waals surface area contributed by atoms with E-state index in [1.807, 2.05) is 0 Å². The zero-order valence-corrected chi connectivity index (χ0v) is 12.4. The molecule has 9 heteroatoms. The van der Waals surface area contributed by atoms with Gasteiger partial charge in [0.25, 0.3) is 0 Å². The molecule has 0 aliphatic rings. The van der Waals surface area contributed by atoms with Crippen molar-refractivity contribution in [2.75, 3.05) is 20.2 Å². The molecule has 0 aliphatic heterocycles. The second kappa shape index (κ2) is 7.10. The molecule has 0 aliphatic carbocycles. The normalized spacial score (nSPS) is 14.0. The van der Waals surface area contributed by atoms with Gasteiger partial charge in [0.2, 0.25) is 10.0 Å². The highest BCUT2D eigenvalue weighted by Gasteiger charge is 2.28. The van der Waals surface area contributed by atoms with E-state index in [0.29, 0.717) is 0 Å². The molecule has 0 amide bonds. The minimum Gasteiger partial charge on any atom is -0.484 e. The van der Waals surface area contributed by atoms with Crippen LogP contribution >= 0.6 is 0 Å². The van der Waals surface area contributed by atoms with Gasteiger partial charge >= 0.3 is 6.18 Å². The molecule has 1 aromatic rings. The number of hydrogen-bond donors (Lipinski definition) is 2. The van der Waals surface area contributed by atoms with E-state index in [9.17, 15) is 21.6 Å². The summed E-state index contributed by atoms with van der Waals surface area (Å²) in [7, 11) is -1.99. The van der Waals surface area contributed by atoms with Crippen LogP contribution in [0.15, 0.2) is 29.2 Å². The highest BCUT2D eigenvalue weighted by atomic mass is 32.2. The second-order valence-corrected chi connectivity index (χ2v) is 6.18. The van der Waals surface area contributed by atoms with Gasteiger partial charge in [0, 0.05) is 12.6 Å². The summed E-state index contributed by atoms with van der Waals surface area (Å²) in [5.41, 5.74) is 0. The van der Waals surface area contributed by atoms with E-state index in [4.69, 9.17) is 0 Å². The summed E-state index contributed by atoms with van der Waals surface area (Å²) < 4.78 is 66.7.